The Hall–Kier alpha value is -3.40. The number of rotatable bonds is 5. The van der Waals surface area contributed by atoms with E-state index in [4.69, 9.17) is 0 Å². The SMILES string of the molecule is Cc1cc(C)cc(NC(=O)C(NC(=O)c2ccccc2)c2ccccc2)c1. The van der Waals surface area contributed by atoms with Crippen LogP contribution in [0.25, 0.3) is 0 Å². The molecular weight excluding hydrogens is 336 g/mol. The summed E-state index contributed by atoms with van der Waals surface area (Å²) in [5, 5.41) is 5.77. The van der Waals surface area contributed by atoms with Crippen LogP contribution in [0.4, 0.5) is 5.69 Å². The molecule has 3 aromatic rings. The topological polar surface area (TPSA) is 58.2 Å². The second kappa shape index (κ2) is 8.32. The molecule has 1 atom stereocenters. The van der Waals surface area contributed by atoms with Gasteiger partial charge in [0.05, 0.1) is 0 Å². The molecule has 0 radical (unpaired) electrons. The molecule has 0 aliphatic heterocycles. The molecule has 27 heavy (non-hydrogen) atoms. The van der Waals surface area contributed by atoms with Gasteiger partial charge >= 0.3 is 0 Å². The fourth-order valence-corrected chi connectivity index (χ4v) is 3.01. The Labute approximate surface area is 159 Å². The molecule has 0 saturated carbocycles. The van der Waals surface area contributed by atoms with Crippen LogP contribution in [0.2, 0.25) is 0 Å². The van der Waals surface area contributed by atoms with Gasteiger partial charge in [-0.2, -0.15) is 0 Å². The minimum Gasteiger partial charge on any atom is -0.336 e. The van der Waals surface area contributed by atoms with Crippen molar-refractivity contribution in [2.45, 2.75) is 19.9 Å². The van der Waals surface area contributed by atoms with E-state index >= 15 is 0 Å². The number of benzene rings is 3. The maximum absolute atomic E-state index is 13.0. The summed E-state index contributed by atoms with van der Waals surface area (Å²) in [6, 6.07) is 23.2. The van der Waals surface area contributed by atoms with Gasteiger partial charge in [0.25, 0.3) is 11.8 Å². The average Bonchev–Trinajstić information content (AvgIpc) is 2.66. The van der Waals surface area contributed by atoms with Crippen molar-refractivity contribution in [1.82, 2.24) is 5.32 Å². The number of carbonyl (C=O) groups is 2. The van der Waals surface area contributed by atoms with Crippen LogP contribution < -0.4 is 10.6 Å². The molecule has 1 unspecified atom stereocenters. The molecule has 0 spiro atoms. The lowest BCUT2D eigenvalue weighted by Crippen LogP contribution is -2.37. The highest BCUT2D eigenvalue weighted by atomic mass is 16.2. The van der Waals surface area contributed by atoms with Crippen LogP contribution in [0.1, 0.15) is 33.1 Å². The van der Waals surface area contributed by atoms with Crippen molar-refractivity contribution in [3.05, 3.63) is 101 Å². The molecule has 3 aromatic carbocycles. The summed E-state index contributed by atoms with van der Waals surface area (Å²) < 4.78 is 0. The minimum absolute atomic E-state index is 0.282. The monoisotopic (exact) mass is 358 g/mol. The zero-order valence-electron chi connectivity index (χ0n) is 15.4. The van der Waals surface area contributed by atoms with E-state index in [1.807, 2.05) is 68.4 Å². The molecule has 0 aromatic heterocycles. The van der Waals surface area contributed by atoms with E-state index in [2.05, 4.69) is 10.6 Å². The molecule has 3 rings (SSSR count). The van der Waals surface area contributed by atoms with Crippen LogP contribution in [0, 0.1) is 13.8 Å². The van der Waals surface area contributed by atoms with Gasteiger partial charge in [0.2, 0.25) is 0 Å². The Balaban J connectivity index is 1.85. The molecule has 2 amide bonds. The van der Waals surface area contributed by atoms with Gasteiger partial charge in [0, 0.05) is 11.3 Å². The van der Waals surface area contributed by atoms with Crippen LogP contribution >= 0.6 is 0 Å². The first-order chi connectivity index (χ1) is 13.0. The van der Waals surface area contributed by atoms with Gasteiger partial charge in [-0.3, -0.25) is 9.59 Å². The third-order valence-electron chi connectivity index (χ3n) is 4.20. The number of nitrogens with one attached hydrogen (secondary N) is 2. The second-order valence-corrected chi connectivity index (χ2v) is 6.55. The molecule has 4 nitrogen and oxygen atoms in total. The zero-order valence-corrected chi connectivity index (χ0v) is 15.4. The number of aryl methyl sites for hydroxylation is 2. The van der Waals surface area contributed by atoms with Crippen molar-refractivity contribution in [3.63, 3.8) is 0 Å². The van der Waals surface area contributed by atoms with Gasteiger partial charge in [-0.25, -0.2) is 0 Å². The van der Waals surface area contributed by atoms with E-state index in [-0.39, 0.29) is 11.8 Å². The quantitative estimate of drug-likeness (QED) is 0.710. The predicted octanol–water partition coefficient (Wildman–Crippen LogP) is 4.41. The van der Waals surface area contributed by atoms with Crippen LogP contribution in [0.15, 0.2) is 78.9 Å². The van der Waals surface area contributed by atoms with E-state index in [0.717, 1.165) is 16.7 Å². The molecule has 2 N–H and O–H groups in total. The summed E-state index contributed by atoms with van der Waals surface area (Å²) in [6.07, 6.45) is 0. The normalized spacial score (nSPS) is 11.5. The van der Waals surface area contributed by atoms with Gasteiger partial charge in [0.1, 0.15) is 6.04 Å². The van der Waals surface area contributed by atoms with Crippen LogP contribution in [0.3, 0.4) is 0 Å². The van der Waals surface area contributed by atoms with E-state index in [1.165, 1.54) is 0 Å². The molecule has 0 bridgehead atoms. The van der Waals surface area contributed by atoms with Crippen molar-refractivity contribution >= 4 is 17.5 Å². The van der Waals surface area contributed by atoms with Crippen molar-refractivity contribution in [3.8, 4) is 0 Å². The maximum Gasteiger partial charge on any atom is 0.252 e. The maximum atomic E-state index is 13.0. The molecule has 136 valence electrons. The smallest absolute Gasteiger partial charge is 0.252 e. The molecule has 4 heteroatoms. The number of anilines is 1. The Morgan fingerprint density at radius 2 is 1.33 bits per heavy atom. The zero-order chi connectivity index (χ0) is 19.2. The Morgan fingerprint density at radius 1 is 0.778 bits per heavy atom. The third-order valence-corrected chi connectivity index (χ3v) is 4.20. The first kappa shape index (κ1) is 18.4. The second-order valence-electron chi connectivity index (χ2n) is 6.55. The molecular formula is C23H22N2O2. The summed E-state index contributed by atoms with van der Waals surface area (Å²) in [6.45, 7) is 3.96. The number of carbonyl (C=O) groups excluding carboxylic acids is 2. The van der Waals surface area contributed by atoms with Crippen molar-refractivity contribution in [2.24, 2.45) is 0 Å². The summed E-state index contributed by atoms with van der Waals surface area (Å²) in [5.74, 6) is -0.574. The lowest BCUT2D eigenvalue weighted by atomic mass is 10.0. The first-order valence-electron chi connectivity index (χ1n) is 8.83. The van der Waals surface area contributed by atoms with E-state index in [9.17, 15) is 9.59 Å². The number of amides is 2. The highest BCUT2D eigenvalue weighted by Gasteiger charge is 2.23. The third kappa shape index (κ3) is 4.82. The molecule has 0 aliphatic carbocycles. The summed E-state index contributed by atoms with van der Waals surface area (Å²) in [7, 11) is 0. The van der Waals surface area contributed by atoms with Crippen molar-refractivity contribution < 1.29 is 9.59 Å². The Morgan fingerprint density at radius 3 is 1.93 bits per heavy atom. The summed E-state index contributed by atoms with van der Waals surface area (Å²) in [5.41, 5.74) is 4.08. The largest absolute Gasteiger partial charge is 0.336 e. The van der Waals surface area contributed by atoms with Gasteiger partial charge in [-0.05, 0) is 54.8 Å². The fourth-order valence-electron chi connectivity index (χ4n) is 3.01. The Bertz CT molecular complexity index is 917. The highest BCUT2D eigenvalue weighted by molar-refractivity contribution is 6.01. The van der Waals surface area contributed by atoms with E-state index < -0.39 is 6.04 Å². The fraction of sp³-hybridized carbons (Fsp3) is 0.130. The molecule has 0 heterocycles. The number of hydrogen-bond donors (Lipinski definition) is 2. The first-order valence-corrected chi connectivity index (χ1v) is 8.83. The van der Waals surface area contributed by atoms with Crippen molar-refractivity contribution in [2.75, 3.05) is 5.32 Å². The van der Waals surface area contributed by atoms with E-state index in [0.29, 0.717) is 11.3 Å². The summed E-state index contributed by atoms with van der Waals surface area (Å²) >= 11 is 0. The summed E-state index contributed by atoms with van der Waals surface area (Å²) in [4.78, 5) is 25.6. The Kier molecular flexibility index (Phi) is 5.67. The minimum atomic E-state index is -0.792. The lowest BCUT2D eigenvalue weighted by Gasteiger charge is -2.19. The van der Waals surface area contributed by atoms with E-state index in [1.54, 1.807) is 24.3 Å². The predicted molar refractivity (Wildman–Crippen MR) is 108 cm³/mol. The number of hydrogen-bond acceptors (Lipinski definition) is 2. The van der Waals surface area contributed by atoms with Crippen LogP contribution in [-0.4, -0.2) is 11.8 Å². The van der Waals surface area contributed by atoms with Gasteiger partial charge in [-0.1, -0.05) is 54.6 Å². The lowest BCUT2D eigenvalue weighted by molar-refractivity contribution is -0.118. The molecule has 0 saturated heterocycles. The van der Waals surface area contributed by atoms with Crippen molar-refractivity contribution in [1.29, 1.82) is 0 Å². The van der Waals surface area contributed by atoms with Gasteiger partial charge in [-0.15, -0.1) is 0 Å². The van der Waals surface area contributed by atoms with Crippen LogP contribution in [0.5, 0.6) is 0 Å². The average molecular weight is 358 g/mol. The van der Waals surface area contributed by atoms with Gasteiger partial charge < -0.3 is 10.6 Å². The molecule has 0 aliphatic rings. The highest BCUT2D eigenvalue weighted by Crippen LogP contribution is 2.19. The van der Waals surface area contributed by atoms with Crippen LogP contribution in [-0.2, 0) is 4.79 Å². The van der Waals surface area contributed by atoms with Gasteiger partial charge in [0.15, 0.2) is 0 Å². The standard InChI is InChI=1S/C23H22N2O2/c1-16-13-17(2)15-20(14-16)24-23(27)21(18-9-5-3-6-10-18)25-22(26)19-11-7-4-8-12-19/h3-15,21H,1-2H3,(H,24,27)(H,25,26). The molecule has 0 fully saturated rings.